The largest absolute Gasteiger partial charge is 0.326 e. The fourth-order valence-corrected chi connectivity index (χ4v) is 3.19. The molecule has 0 bridgehead atoms. The minimum Gasteiger partial charge on any atom is -0.326 e. The minimum atomic E-state index is -0.144. The fourth-order valence-electron chi connectivity index (χ4n) is 3.19. The summed E-state index contributed by atoms with van der Waals surface area (Å²) in [6.45, 7) is 6.90. The van der Waals surface area contributed by atoms with E-state index in [0.29, 0.717) is 30.9 Å². The van der Waals surface area contributed by atoms with Gasteiger partial charge in [0.2, 0.25) is 5.91 Å². The topological polar surface area (TPSA) is 103 Å². The summed E-state index contributed by atoms with van der Waals surface area (Å²) >= 11 is 0. The Hall–Kier alpha value is -2.90. The van der Waals surface area contributed by atoms with Crippen molar-refractivity contribution in [2.24, 2.45) is 0 Å². The van der Waals surface area contributed by atoms with Crippen LogP contribution in [0.4, 0.5) is 16.2 Å². The molecule has 0 aliphatic carbocycles. The quantitative estimate of drug-likeness (QED) is 0.769. The van der Waals surface area contributed by atoms with Crippen molar-refractivity contribution in [3.05, 3.63) is 35.4 Å². The SMILES string of the molecule is CCC(=O)Nc1ccc(C)c(NC(=O)N2CCC[C@H](c3n[nH]c(C)n3)C2)c1. The number of nitrogens with zero attached hydrogens (tertiary/aromatic N) is 3. The maximum atomic E-state index is 12.8. The van der Waals surface area contributed by atoms with Gasteiger partial charge in [0.1, 0.15) is 5.82 Å². The Morgan fingerprint density at radius 2 is 2.11 bits per heavy atom. The van der Waals surface area contributed by atoms with Crippen LogP contribution in [0.2, 0.25) is 0 Å². The molecule has 2 aromatic rings. The van der Waals surface area contributed by atoms with E-state index in [0.717, 1.165) is 30.1 Å². The van der Waals surface area contributed by atoms with Gasteiger partial charge < -0.3 is 15.5 Å². The number of H-pyrrole nitrogens is 1. The summed E-state index contributed by atoms with van der Waals surface area (Å²) < 4.78 is 0. The van der Waals surface area contributed by atoms with Gasteiger partial charge in [-0.15, -0.1) is 0 Å². The number of aromatic nitrogens is 3. The van der Waals surface area contributed by atoms with E-state index in [2.05, 4.69) is 25.8 Å². The first kappa shape index (κ1) is 18.9. The number of carbonyl (C=O) groups is 2. The molecule has 3 rings (SSSR count). The molecule has 0 spiro atoms. The summed E-state index contributed by atoms with van der Waals surface area (Å²) in [5, 5.41) is 12.9. The molecule has 3 N–H and O–H groups in total. The van der Waals surface area contributed by atoms with Crippen LogP contribution < -0.4 is 10.6 Å². The second-order valence-electron chi connectivity index (χ2n) is 6.93. The Balaban J connectivity index is 1.67. The molecule has 3 amide bonds. The zero-order valence-corrected chi connectivity index (χ0v) is 16.0. The molecule has 1 fully saturated rings. The summed E-state index contributed by atoms with van der Waals surface area (Å²) in [4.78, 5) is 30.6. The molecule has 144 valence electrons. The highest BCUT2D eigenvalue weighted by Crippen LogP contribution is 2.26. The molecule has 1 aliphatic heterocycles. The molecule has 0 unspecified atom stereocenters. The van der Waals surface area contributed by atoms with Crippen molar-refractivity contribution in [2.75, 3.05) is 23.7 Å². The van der Waals surface area contributed by atoms with E-state index in [1.807, 2.05) is 26.0 Å². The maximum Gasteiger partial charge on any atom is 0.321 e. The highest BCUT2D eigenvalue weighted by Gasteiger charge is 2.27. The van der Waals surface area contributed by atoms with Gasteiger partial charge in [-0.25, -0.2) is 9.78 Å². The number of rotatable bonds is 4. The molecule has 1 aliphatic rings. The molecular weight excluding hydrogens is 344 g/mol. The highest BCUT2D eigenvalue weighted by molar-refractivity contribution is 5.94. The third kappa shape index (κ3) is 4.64. The minimum absolute atomic E-state index is 0.0585. The number of carbonyl (C=O) groups excluding carboxylic acids is 2. The van der Waals surface area contributed by atoms with Gasteiger partial charge in [0, 0.05) is 36.8 Å². The van der Waals surface area contributed by atoms with Gasteiger partial charge >= 0.3 is 6.03 Å². The Morgan fingerprint density at radius 3 is 2.81 bits per heavy atom. The zero-order chi connectivity index (χ0) is 19.4. The van der Waals surface area contributed by atoms with E-state index in [4.69, 9.17) is 0 Å². The van der Waals surface area contributed by atoms with Crippen LogP contribution in [0.5, 0.6) is 0 Å². The van der Waals surface area contributed by atoms with Crippen LogP contribution in [0.3, 0.4) is 0 Å². The van der Waals surface area contributed by atoms with Gasteiger partial charge in [-0.2, -0.15) is 5.10 Å². The fraction of sp³-hybridized carbons (Fsp3) is 0.474. The summed E-state index contributed by atoms with van der Waals surface area (Å²) in [7, 11) is 0. The van der Waals surface area contributed by atoms with Gasteiger partial charge in [0.05, 0.1) is 0 Å². The van der Waals surface area contributed by atoms with Crippen LogP contribution in [0, 0.1) is 13.8 Å². The van der Waals surface area contributed by atoms with Crippen LogP contribution >= 0.6 is 0 Å². The first-order valence-corrected chi connectivity index (χ1v) is 9.31. The van der Waals surface area contributed by atoms with Crippen LogP contribution in [0.15, 0.2) is 18.2 Å². The van der Waals surface area contributed by atoms with Crippen molar-refractivity contribution < 1.29 is 9.59 Å². The number of urea groups is 1. The summed E-state index contributed by atoms with van der Waals surface area (Å²) in [6.07, 6.45) is 2.29. The molecule has 8 nitrogen and oxygen atoms in total. The van der Waals surface area contributed by atoms with E-state index in [9.17, 15) is 9.59 Å². The lowest BCUT2D eigenvalue weighted by molar-refractivity contribution is -0.115. The molecule has 0 radical (unpaired) electrons. The number of aryl methyl sites for hydroxylation is 2. The first-order valence-electron chi connectivity index (χ1n) is 9.31. The lowest BCUT2D eigenvalue weighted by atomic mass is 9.97. The number of amides is 3. The van der Waals surface area contributed by atoms with Crippen LogP contribution in [-0.4, -0.2) is 45.1 Å². The van der Waals surface area contributed by atoms with Crippen molar-refractivity contribution in [2.45, 2.75) is 46.0 Å². The van der Waals surface area contributed by atoms with E-state index >= 15 is 0 Å². The molecule has 1 atom stereocenters. The number of anilines is 2. The van der Waals surface area contributed by atoms with Crippen LogP contribution in [0.25, 0.3) is 0 Å². The lowest BCUT2D eigenvalue weighted by Crippen LogP contribution is -2.42. The van der Waals surface area contributed by atoms with Gasteiger partial charge in [-0.3, -0.25) is 9.89 Å². The Labute approximate surface area is 158 Å². The van der Waals surface area contributed by atoms with E-state index < -0.39 is 0 Å². The predicted octanol–water partition coefficient (Wildman–Crippen LogP) is 3.18. The Kier molecular flexibility index (Phi) is 5.73. The predicted molar refractivity (Wildman–Crippen MR) is 104 cm³/mol. The zero-order valence-electron chi connectivity index (χ0n) is 16.0. The van der Waals surface area contributed by atoms with Crippen LogP contribution in [-0.2, 0) is 4.79 Å². The normalized spacial score (nSPS) is 16.9. The van der Waals surface area contributed by atoms with Crippen molar-refractivity contribution in [3.8, 4) is 0 Å². The molecule has 1 aromatic heterocycles. The smallest absolute Gasteiger partial charge is 0.321 e. The average molecular weight is 370 g/mol. The number of hydrogen-bond acceptors (Lipinski definition) is 4. The molecular formula is C19H26N6O2. The number of likely N-dealkylation sites (tertiary alicyclic amines) is 1. The Bertz CT molecular complexity index is 831. The van der Waals surface area contributed by atoms with E-state index in [1.54, 1.807) is 17.9 Å². The third-order valence-electron chi connectivity index (χ3n) is 4.77. The summed E-state index contributed by atoms with van der Waals surface area (Å²) in [6, 6.07) is 5.37. The number of piperidine rings is 1. The number of benzene rings is 1. The Morgan fingerprint density at radius 1 is 1.30 bits per heavy atom. The molecule has 8 heteroatoms. The van der Waals surface area contributed by atoms with Crippen molar-refractivity contribution >= 4 is 23.3 Å². The summed E-state index contributed by atoms with van der Waals surface area (Å²) in [5.41, 5.74) is 2.32. The van der Waals surface area contributed by atoms with Gasteiger partial charge in [-0.05, 0) is 44.4 Å². The van der Waals surface area contributed by atoms with Gasteiger partial charge in [0.25, 0.3) is 0 Å². The first-order chi connectivity index (χ1) is 13.0. The molecule has 1 saturated heterocycles. The lowest BCUT2D eigenvalue weighted by Gasteiger charge is -2.31. The maximum absolute atomic E-state index is 12.8. The monoisotopic (exact) mass is 370 g/mol. The number of hydrogen-bond donors (Lipinski definition) is 3. The third-order valence-corrected chi connectivity index (χ3v) is 4.77. The standard InChI is InChI=1S/C19H26N6O2/c1-4-17(26)21-15-8-7-12(2)16(10-15)22-19(27)25-9-5-6-14(11-25)18-20-13(3)23-24-18/h7-8,10,14H,4-6,9,11H2,1-3H3,(H,21,26)(H,22,27)(H,20,23,24)/t14-/m0/s1. The molecule has 27 heavy (non-hydrogen) atoms. The van der Waals surface area contributed by atoms with E-state index in [1.165, 1.54) is 0 Å². The van der Waals surface area contributed by atoms with Crippen molar-refractivity contribution in [3.63, 3.8) is 0 Å². The van der Waals surface area contributed by atoms with Gasteiger partial charge in [-0.1, -0.05) is 13.0 Å². The van der Waals surface area contributed by atoms with Gasteiger partial charge in [0.15, 0.2) is 5.82 Å². The molecule has 2 heterocycles. The van der Waals surface area contributed by atoms with Crippen molar-refractivity contribution in [1.29, 1.82) is 0 Å². The molecule has 1 aromatic carbocycles. The highest BCUT2D eigenvalue weighted by atomic mass is 16.2. The average Bonchev–Trinajstić information content (AvgIpc) is 3.11. The van der Waals surface area contributed by atoms with Crippen molar-refractivity contribution in [1.82, 2.24) is 20.1 Å². The summed E-state index contributed by atoms with van der Waals surface area (Å²) in [5.74, 6) is 1.64. The number of nitrogens with one attached hydrogen (secondary N) is 3. The van der Waals surface area contributed by atoms with E-state index in [-0.39, 0.29) is 17.9 Å². The second-order valence-corrected chi connectivity index (χ2v) is 6.93. The number of aromatic amines is 1. The van der Waals surface area contributed by atoms with Crippen LogP contribution in [0.1, 0.15) is 49.3 Å². The molecule has 0 saturated carbocycles. The second kappa shape index (κ2) is 8.20.